The number of ether oxygens (including phenoxy) is 3. The topological polar surface area (TPSA) is 78.9 Å². The quantitative estimate of drug-likeness (QED) is 0.0199. The van der Waals surface area contributed by atoms with Crippen molar-refractivity contribution in [1.29, 1.82) is 0 Å². The van der Waals surface area contributed by atoms with Crippen LogP contribution in [0, 0.1) is 0 Å². The van der Waals surface area contributed by atoms with Crippen LogP contribution in [0.15, 0.2) is 85.1 Å². The fourth-order valence-electron chi connectivity index (χ4n) is 7.18. The molecule has 0 spiro atoms. The van der Waals surface area contributed by atoms with Crippen molar-refractivity contribution in [2.24, 2.45) is 0 Å². The molecule has 0 amide bonds. The van der Waals surface area contributed by atoms with Gasteiger partial charge >= 0.3 is 17.9 Å². The van der Waals surface area contributed by atoms with Crippen molar-refractivity contribution in [2.45, 2.75) is 252 Å². The molecule has 0 aromatic rings. The van der Waals surface area contributed by atoms with Crippen LogP contribution in [-0.2, 0) is 28.6 Å². The number of hydrogen-bond donors (Lipinski definition) is 0. The van der Waals surface area contributed by atoms with Gasteiger partial charge in [-0.15, -0.1) is 0 Å². The summed E-state index contributed by atoms with van der Waals surface area (Å²) >= 11 is 0. The Balaban J connectivity index is 4.45. The van der Waals surface area contributed by atoms with Gasteiger partial charge in [0.2, 0.25) is 0 Å². The Morgan fingerprint density at radius 1 is 0.344 bits per heavy atom. The van der Waals surface area contributed by atoms with Gasteiger partial charge in [-0.3, -0.25) is 14.4 Å². The highest BCUT2D eigenvalue weighted by molar-refractivity contribution is 5.71. The lowest BCUT2D eigenvalue weighted by Gasteiger charge is -2.18. The molecule has 0 aromatic heterocycles. The normalized spacial score (nSPS) is 12.7. The summed E-state index contributed by atoms with van der Waals surface area (Å²) in [6, 6.07) is 0. The molecule has 0 aliphatic carbocycles. The molecular weight excluding hydrogens is 793 g/mol. The van der Waals surface area contributed by atoms with Crippen molar-refractivity contribution in [3.63, 3.8) is 0 Å². The Kier molecular flexibility index (Phi) is 49.4. The minimum atomic E-state index is -0.800. The molecule has 0 heterocycles. The zero-order valence-electron chi connectivity index (χ0n) is 41.8. The van der Waals surface area contributed by atoms with E-state index >= 15 is 0 Å². The monoisotopic (exact) mass is 891 g/mol. The van der Waals surface area contributed by atoms with E-state index in [1.807, 2.05) is 36.5 Å². The van der Waals surface area contributed by atoms with Crippen LogP contribution in [0.5, 0.6) is 0 Å². The first-order valence-corrected chi connectivity index (χ1v) is 26.6. The Labute approximate surface area is 395 Å². The lowest BCUT2D eigenvalue weighted by Crippen LogP contribution is -2.30. The molecule has 0 fully saturated rings. The number of esters is 3. The zero-order valence-corrected chi connectivity index (χ0v) is 41.8. The summed E-state index contributed by atoms with van der Waals surface area (Å²) in [7, 11) is 0. The standard InChI is InChI=1S/C58H98O6/c1-4-7-10-13-16-19-22-25-27-29-31-33-36-39-42-45-48-51-57(60)63-54-55(53-62-56(59)50-47-44-41-38-35-32-24-21-18-15-12-9-6-3)64-58(61)52-49-46-43-40-37-34-30-28-26-23-20-17-14-11-8-5-2/h9,12,15-16,18-19,21,24-25,27-28,30,32,35,55H,4-8,10-11,13-14,17,20,22-23,26,29,31,33-34,36-54H2,1-3H3/b12-9-,18-15-,19-16-,24-21-,27-25-,30-28-,35-32-. The molecule has 0 N–H and O–H groups in total. The first kappa shape index (κ1) is 60.6. The highest BCUT2D eigenvalue weighted by Gasteiger charge is 2.19. The largest absolute Gasteiger partial charge is 0.462 e. The molecule has 0 aromatic carbocycles. The molecule has 1 atom stereocenters. The smallest absolute Gasteiger partial charge is 0.306 e. The van der Waals surface area contributed by atoms with Gasteiger partial charge in [0.05, 0.1) is 0 Å². The molecule has 0 bridgehead atoms. The van der Waals surface area contributed by atoms with E-state index in [4.69, 9.17) is 14.2 Å². The van der Waals surface area contributed by atoms with Crippen molar-refractivity contribution < 1.29 is 28.6 Å². The Bertz CT molecular complexity index is 1250. The number of rotatable bonds is 47. The maximum atomic E-state index is 12.8. The molecule has 0 saturated carbocycles. The molecule has 0 radical (unpaired) electrons. The molecule has 0 aliphatic rings. The fourth-order valence-corrected chi connectivity index (χ4v) is 7.18. The van der Waals surface area contributed by atoms with Gasteiger partial charge in [-0.1, -0.05) is 215 Å². The predicted molar refractivity (Wildman–Crippen MR) is 274 cm³/mol. The lowest BCUT2D eigenvalue weighted by molar-refractivity contribution is -0.167. The molecule has 64 heavy (non-hydrogen) atoms. The number of carbonyl (C=O) groups excluding carboxylic acids is 3. The van der Waals surface area contributed by atoms with Gasteiger partial charge in [-0.25, -0.2) is 0 Å². The van der Waals surface area contributed by atoms with E-state index in [0.717, 1.165) is 96.3 Å². The van der Waals surface area contributed by atoms with Crippen LogP contribution in [0.4, 0.5) is 0 Å². The van der Waals surface area contributed by atoms with Crippen LogP contribution in [0.1, 0.15) is 245 Å². The van der Waals surface area contributed by atoms with Crippen LogP contribution in [0.25, 0.3) is 0 Å². The molecule has 0 rings (SSSR count). The third-order valence-corrected chi connectivity index (χ3v) is 11.2. The minimum Gasteiger partial charge on any atom is -0.462 e. The summed E-state index contributed by atoms with van der Waals surface area (Å²) in [6.45, 7) is 6.42. The maximum absolute atomic E-state index is 12.8. The summed E-state index contributed by atoms with van der Waals surface area (Å²) in [5.41, 5.74) is 0. The van der Waals surface area contributed by atoms with Crippen LogP contribution in [-0.4, -0.2) is 37.2 Å². The number of allylic oxidation sites excluding steroid dienone is 14. The first-order chi connectivity index (χ1) is 31.5. The van der Waals surface area contributed by atoms with Gasteiger partial charge in [0.1, 0.15) is 13.2 Å². The highest BCUT2D eigenvalue weighted by Crippen LogP contribution is 2.14. The predicted octanol–water partition coefficient (Wildman–Crippen LogP) is 17.6. The van der Waals surface area contributed by atoms with Gasteiger partial charge < -0.3 is 14.2 Å². The van der Waals surface area contributed by atoms with E-state index < -0.39 is 6.10 Å². The third kappa shape index (κ3) is 49.6. The molecule has 6 nitrogen and oxygen atoms in total. The van der Waals surface area contributed by atoms with Gasteiger partial charge in [0, 0.05) is 19.3 Å². The van der Waals surface area contributed by atoms with Gasteiger partial charge in [0.25, 0.3) is 0 Å². The van der Waals surface area contributed by atoms with E-state index in [-0.39, 0.29) is 31.1 Å². The van der Waals surface area contributed by atoms with Crippen LogP contribution in [0.2, 0.25) is 0 Å². The van der Waals surface area contributed by atoms with Crippen molar-refractivity contribution in [1.82, 2.24) is 0 Å². The zero-order chi connectivity index (χ0) is 46.5. The van der Waals surface area contributed by atoms with Gasteiger partial charge in [-0.2, -0.15) is 0 Å². The Morgan fingerprint density at radius 2 is 0.672 bits per heavy atom. The molecule has 0 aliphatic heterocycles. The van der Waals surface area contributed by atoms with Crippen LogP contribution < -0.4 is 0 Å². The summed E-state index contributed by atoms with van der Waals surface area (Å²) in [6.07, 6.45) is 67.1. The van der Waals surface area contributed by atoms with E-state index in [2.05, 4.69) is 69.4 Å². The van der Waals surface area contributed by atoms with Crippen molar-refractivity contribution in [2.75, 3.05) is 13.2 Å². The molecule has 6 heteroatoms. The van der Waals surface area contributed by atoms with E-state index in [9.17, 15) is 14.4 Å². The maximum Gasteiger partial charge on any atom is 0.306 e. The highest BCUT2D eigenvalue weighted by atomic mass is 16.6. The molecule has 0 saturated heterocycles. The minimum absolute atomic E-state index is 0.0972. The van der Waals surface area contributed by atoms with E-state index in [0.29, 0.717) is 19.3 Å². The Morgan fingerprint density at radius 3 is 1.14 bits per heavy atom. The average Bonchev–Trinajstić information content (AvgIpc) is 3.29. The van der Waals surface area contributed by atoms with Gasteiger partial charge in [0.15, 0.2) is 6.10 Å². The fraction of sp³-hybridized carbons (Fsp3) is 0.707. The van der Waals surface area contributed by atoms with Gasteiger partial charge in [-0.05, 0) is 96.3 Å². The number of carbonyl (C=O) groups is 3. The molecule has 1 unspecified atom stereocenters. The second-order valence-corrected chi connectivity index (χ2v) is 17.5. The Hall–Kier alpha value is -3.41. The number of unbranched alkanes of at least 4 members (excludes halogenated alkanes) is 25. The second kappa shape index (κ2) is 52.2. The van der Waals surface area contributed by atoms with E-state index in [1.54, 1.807) is 0 Å². The summed E-state index contributed by atoms with van der Waals surface area (Å²) < 4.78 is 16.8. The van der Waals surface area contributed by atoms with Crippen LogP contribution >= 0.6 is 0 Å². The number of hydrogen-bond acceptors (Lipinski definition) is 6. The second-order valence-electron chi connectivity index (χ2n) is 17.5. The SMILES string of the molecule is CC\C=C/C=C\C=C/C=C\CCCCCC(=O)OCC(COC(=O)CCCCCCCCC/C=C\C/C=C\CCCCC)OC(=O)CCCCCCC/C=C\CCCCCCCCC. The molecular formula is C58H98O6. The molecule has 366 valence electrons. The first-order valence-electron chi connectivity index (χ1n) is 26.6. The van der Waals surface area contributed by atoms with Crippen molar-refractivity contribution >= 4 is 17.9 Å². The van der Waals surface area contributed by atoms with Crippen molar-refractivity contribution in [3.8, 4) is 0 Å². The summed E-state index contributed by atoms with van der Waals surface area (Å²) in [4.78, 5) is 38.0. The average molecular weight is 891 g/mol. The van der Waals surface area contributed by atoms with E-state index in [1.165, 1.54) is 109 Å². The summed E-state index contributed by atoms with van der Waals surface area (Å²) in [5, 5.41) is 0. The van der Waals surface area contributed by atoms with Crippen molar-refractivity contribution in [3.05, 3.63) is 85.1 Å². The van der Waals surface area contributed by atoms with Crippen LogP contribution in [0.3, 0.4) is 0 Å². The summed E-state index contributed by atoms with van der Waals surface area (Å²) in [5.74, 6) is -0.952. The third-order valence-electron chi connectivity index (χ3n) is 11.2. The lowest BCUT2D eigenvalue weighted by atomic mass is 10.1.